The molecule has 0 spiro atoms. The van der Waals surface area contributed by atoms with Gasteiger partial charge in [0.1, 0.15) is 11.4 Å². The van der Waals surface area contributed by atoms with Gasteiger partial charge in [0, 0.05) is 90.7 Å². The Kier molecular flexibility index (Phi) is 10.3. The van der Waals surface area contributed by atoms with Gasteiger partial charge in [0.25, 0.3) is 5.91 Å². The smallest absolute Gasteiger partial charge is 0.386 e. The lowest BCUT2D eigenvalue weighted by Crippen LogP contribution is -2.53. The Morgan fingerprint density at radius 2 is 1.74 bits per heavy atom. The van der Waals surface area contributed by atoms with Gasteiger partial charge in [-0.05, 0) is 82.7 Å². The molecule has 4 amide bonds. The molecule has 1 saturated carbocycles. The maximum atomic E-state index is 13.3. The van der Waals surface area contributed by atoms with Crippen molar-refractivity contribution >= 4 is 56.6 Å². The van der Waals surface area contributed by atoms with Crippen molar-refractivity contribution < 1.29 is 32.7 Å². The Hall–Kier alpha value is -5.61. The molecule has 304 valence electrons. The zero-order valence-corrected chi connectivity index (χ0v) is 32.6. The quantitative estimate of drug-likeness (QED) is 0.153. The van der Waals surface area contributed by atoms with Gasteiger partial charge in [-0.2, -0.15) is 18.3 Å². The number of hydrogen-bond donors (Lipinski definition) is 3. The van der Waals surface area contributed by atoms with E-state index in [2.05, 4.69) is 43.4 Å². The average Bonchev–Trinajstić information content (AvgIpc) is 3.60. The summed E-state index contributed by atoms with van der Waals surface area (Å²) >= 11 is 0. The summed E-state index contributed by atoms with van der Waals surface area (Å²) in [5.41, 5.74) is 0.146. The Morgan fingerprint density at radius 3 is 2.47 bits per heavy atom. The highest BCUT2D eigenvalue weighted by Crippen LogP contribution is 2.38. The first-order chi connectivity index (χ1) is 27.6. The highest BCUT2D eigenvalue weighted by atomic mass is 19.4. The molecular weight excluding hydrogens is 752 g/mol. The number of benzene rings is 2. The van der Waals surface area contributed by atoms with Crippen LogP contribution >= 0.6 is 0 Å². The molecule has 3 fully saturated rings. The minimum atomic E-state index is -4.69. The number of carbonyl (C=O) groups excluding carboxylic acids is 3. The number of aliphatic hydroxyl groups is 1. The fraction of sp³-hybridized carbons (Fsp3) is 0.429. The van der Waals surface area contributed by atoms with Gasteiger partial charge in [0.2, 0.25) is 5.91 Å². The molecule has 8 rings (SSSR count). The average molecular weight is 798 g/mol. The number of hydrogen-bond acceptors (Lipinski definition) is 9. The molecule has 13 nitrogen and oxygen atoms in total. The molecule has 3 N–H and O–H groups in total. The van der Waals surface area contributed by atoms with Gasteiger partial charge < -0.3 is 15.3 Å². The lowest BCUT2D eigenvalue weighted by molar-refractivity contribution is -0.141. The summed E-state index contributed by atoms with van der Waals surface area (Å²) in [4.78, 5) is 52.1. The first-order valence-corrected chi connectivity index (χ1v) is 19.7. The van der Waals surface area contributed by atoms with Gasteiger partial charge in [0.05, 0.1) is 29.0 Å². The second kappa shape index (κ2) is 15.3. The lowest BCUT2D eigenvalue weighted by atomic mass is 9.85. The van der Waals surface area contributed by atoms with Crippen LogP contribution in [-0.2, 0) is 16.6 Å². The summed E-state index contributed by atoms with van der Waals surface area (Å²) in [6.45, 7) is 9.40. The van der Waals surface area contributed by atoms with Crippen LogP contribution in [0.15, 0.2) is 67.1 Å². The second-order valence-corrected chi connectivity index (χ2v) is 16.2. The maximum Gasteiger partial charge on any atom is 0.433 e. The largest absolute Gasteiger partial charge is 0.433 e. The molecule has 2 saturated heterocycles. The number of aromatic nitrogens is 4. The van der Waals surface area contributed by atoms with Gasteiger partial charge >= 0.3 is 12.2 Å². The molecule has 16 heteroatoms. The first-order valence-electron chi connectivity index (χ1n) is 19.7. The number of urea groups is 1. The van der Waals surface area contributed by atoms with E-state index < -0.39 is 29.4 Å². The minimum absolute atomic E-state index is 0.179. The molecule has 2 aliphatic heterocycles. The van der Waals surface area contributed by atoms with Gasteiger partial charge in [-0.1, -0.05) is 18.2 Å². The van der Waals surface area contributed by atoms with Gasteiger partial charge in [-0.3, -0.25) is 34.4 Å². The van der Waals surface area contributed by atoms with Crippen LogP contribution in [0, 0.1) is 5.92 Å². The third-order valence-electron chi connectivity index (χ3n) is 11.7. The van der Waals surface area contributed by atoms with Crippen LogP contribution in [0.4, 0.5) is 35.0 Å². The van der Waals surface area contributed by atoms with Gasteiger partial charge in [-0.15, -0.1) is 0 Å². The predicted octanol–water partition coefficient (Wildman–Crippen LogP) is 6.87. The summed E-state index contributed by atoms with van der Waals surface area (Å²) in [6, 6.07) is 12.7. The van der Waals surface area contributed by atoms with Crippen LogP contribution < -0.4 is 20.4 Å². The van der Waals surface area contributed by atoms with Crippen molar-refractivity contribution in [2.24, 2.45) is 5.92 Å². The molecule has 1 aliphatic carbocycles. The van der Waals surface area contributed by atoms with Gasteiger partial charge in [0.15, 0.2) is 0 Å². The van der Waals surface area contributed by atoms with E-state index in [-0.39, 0.29) is 35.8 Å². The minimum Gasteiger partial charge on any atom is -0.386 e. The van der Waals surface area contributed by atoms with E-state index in [0.29, 0.717) is 29.2 Å². The molecule has 58 heavy (non-hydrogen) atoms. The highest BCUT2D eigenvalue weighted by molar-refractivity contribution is 6.11. The summed E-state index contributed by atoms with van der Waals surface area (Å²) in [5.74, 6) is -0.548. The van der Waals surface area contributed by atoms with Crippen LogP contribution in [-0.4, -0.2) is 86.4 Å². The van der Waals surface area contributed by atoms with E-state index in [1.807, 2.05) is 29.2 Å². The van der Waals surface area contributed by atoms with Crippen molar-refractivity contribution in [3.63, 3.8) is 0 Å². The predicted molar refractivity (Wildman–Crippen MR) is 214 cm³/mol. The fourth-order valence-electron chi connectivity index (χ4n) is 8.73. The molecule has 0 unspecified atom stereocenters. The number of fused-ring (bicyclic) bond motifs is 2. The molecular formula is C42H46F3N9O4. The number of amides is 4. The van der Waals surface area contributed by atoms with Crippen LogP contribution in [0.2, 0.25) is 0 Å². The maximum absolute atomic E-state index is 13.3. The van der Waals surface area contributed by atoms with Crippen molar-refractivity contribution in [1.29, 1.82) is 0 Å². The van der Waals surface area contributed by atoms with Crippen LogP contribution in [0.1, 0.15) is 80.7 Å². The van der Waals surface area contributed by atoms with Crippen molar-refractivity contribution in [1.82, 2.24) is 30.0 Å². The molecule has 3 aliphatic rings. The first kappa shape index (κ1) is 39.2. The van der Waals surface area contributed by atoms with Crippen molar-refractivity contribution in [3.05, 3.63) is 84.1 Å². The molecule has 5 aromatic rings. The number of alkyl halides is 3. The van der Waals surface area contributed by atoms with Crippen LogP contribution in [0.3, 0.4) is 0 Å². The molecule has 1 atom stereocenters. The fourth-order valence-corrected chi connectivity index (χ4v) is 8.73. The van der Waals surface area contributed by atoms with E-state index in [1.54, 1.807) is 37.1 Å². The number of imide groups is 1. The van der Waals surface area contributed by atoms with Crippen LogP contribution in [0.25, 0.3) is 21.7 Å². The second-order valence-electron chi connectivity index (χ2n) is 16.2. The van der Waals surface area contributed by atoms with E-state index in [4.69, 9.17) is 5.10 Å². The Morgan fingerprint density at radius 1 is 0.966 bits per heavy atom. The van der Waals surface area contributed by atoms with E-state index in [9.17, 15) is 32.7 Å². The molecule has 0 radical (unpaired) electrons. The monoisotopic (exact) mass is 797 g/mol. The summed E-state index contributed by atoms with van der Waals surface area (Å²) < 4.78 is 41.8. The summed E-state index contributed by atoms with van der Waals surface area (Å²) in [6.07, 6.45) is 5.01. The SMILES string of the molecule is C[C@H]1CN(CC2CCC(n3cc4cc(NC(=O)c5cccc(C(F)(F)F)n5)c(C(C)(C)O)cc4n3)CC2)CCN1c1cccc2c(N3CCC(=O)NC3=O)cncc12. The van der Waals surface area contributed by atoms with E-state index in [0.717, 1.165) is 85.8 Å². The van der Waals surface area contributed by atoms with Crippen LogP contribution in [0.5, 0.6) is 0 Å². The number of nitrogens with zero attached hydrogens (tertiary/aromatic N) is 7. The normalized spacial score (nSPS) is 21.1. The zero-order valence-electron chi connectivity index (χ0n) is 32.6. The third kappa shape index (κ3) is 7.94. The lowest BCUT2D eigenvalue weighted by Gasteiger charge is -2.43. The molecule has 2 aromatic carbocycles. The molecule has 5 heterocycles. The molecule has 3 aromatic heterocycles. The third-order valence-corrected chi connectivity index (χ3v) is 11.7. The summed E-state index contributed by atoms with van der Waals surface area (Å²) in [7, 11) is 0. The number of carbonyl (C=O) groups is 3. The Bertz CT molecular complexity index is 2390. The van der Waals surface area contributed by atoms with Crippen molar-refractivity contribution in [3.8, 4) is 0 Å². The Labute approximate surface area is 333 Å². The number of nitrogens with one attached hydrogen (secondary N) is 2. The van der Waals surface area contributed by atoms with Crippen molar-refractivity contribution in [2.75, 3.05) is 47.8 Å². The highest BCUT2D eigenvalue weighted by Gasteiger charge is 2.34. The zero-order chi connectivity index (χ0) is 40.9. The van der Waals surface area contributed by atoms with Gasteiger partial charge in [-0.25, -0.2) is 9.78 Å². The summed E-state index contributed by atoms with van der Waals surface area (Å²) in [5, 5.41) is 23.6. The number of pyridine rings is 2. The van der Waals surface area contributed by atoms with E-state index in [1.165, 1.54) is 6.07 Å². The molecule has 0 bridgehead atoms. The number of rotatable bonds is 8. The van der Waals surface area contributed by atoms with E-state index >= 15 is 0 Å². The standard InChI is InChI=1S/C42H46F3N9O4/c1-25-22-51(16-17-52(25)35-8-4-6-29-30(35)20-46-21-36(29)53-15-14-38(55)49-40(53)57)23-26-10-12-28(13-11-26)54-24-27-18-34(31(41(2,3)58)19-33(27)50-54)48-39(56)32-7-5-9-37(47-32)42(43,44)45/h4-9,18-21,24-26,28,58H,10-17,22-23H2,1-3H3,(H,48,56)(H,49,55,57)/t25-,26?,28?/m0/s1. The van der Waals surface area contributed by atoms with Crippen molar-refractivity contribution in [2.45, 2.75) is 76.7 Å². The number of halogens is 3. The number of piperazine rings is 1. The topological polar surface area (TPSA) is 149 Å². The Balaban J connectivity index is 0.902. The number of anilines is 3.